The van der Waals surface area contributed by atoms with Gasteiger partial charge in [-0.15, -0.1) is 0 Å². The Balaban J connectivity index is 1.80. The highest BCUT2D eigenvalue weighted by Gasteiger charge is 2.29. The van der Waals surface area contributed by atoms with Crippen LogP contribution in [0, 0.1) is 23.5 Å². The molecule has 1 aromatic rings. The summed E-state index contributed by atoms with van der Waals surface area (Å²) >= 11 is 0. The first-order chi connectivity index (χ1) is 12.8. The number of carbonyl (C=O) groups excluding carboxylic acids is 2. The zero-order chi connectivity index (χ0) is 20.0. The van der Waals surface area contributed by atoms with Crippen molar-refractivity contribution in [1.29, 1.82) is 0 Å². The van der Waals surface area contributed by atoms with E-state index in [0.29, 0.717) is 37.9 Å². The molecule has 4 nitrogen and oxygen atoms in total. The summed E-state index contributed by atoms with van der Waals surface area (Å²) in [5, 5.41) is 3.07. The Hall–Kier alpha value is -1.98. The molecule has 1 N–H and O–H groups in total. The average Bonchev–Trinajstić information content (AvgIpc) is 2.61. The van der Waals surface area contributed by atoms with Gasteiger partial charge in [-0.3, -0.25) is 9.59 Å². The number of hydrogen-bond acceptors (Lipinski definition) is 2. The van der Waals surface area contributed by atoms with Crippen molar-refractivity contribution in [3.05, 3.63) is 35.4 Å². The molecule has 1 aromatic carbocycles. The predicted octanol–water partition coefficient (Wildman–Crippen LogP) is 4.15. The third-order valence-electron chi connectivity index (χ3n) is 5.12. The lowest BCUT2D eigenvalue weighted by Gasteiger charge is -2.32. The van der Waals surface area contributed by atoms with Crippen LogP contribution in [0.15, 0.2) is 18.2 Å². The van der Waals surface area contributed by atoms with Gasteiger partial charge in [-0.2, -0.15) is 0 Å². The van der Waals surface area contributed by atoms with E-state index in [2.05, 4.69) is 19.2 Å². The zero-order valence-corrected chi connectivity index (χ0v) is 16.4. The molecular weight excluding hydrogens is 350 g/mol. The fourth-order valence-electron chi connectivity index (χ4n) is 3.44. The van der Waals surface area contributed by atoms with Crippen molar-refractivity contribution < 1.29 is 18.4 Å². The van der Waals surface area contributed by atoms with Crippen LogP contribution in [0.25, 0.3) is 0 Å². The van der Waals surface area contributed by atoms with Crippen molar-refractivity contribution in [3.63, 3.8) is 0 Å². The second-order valence-corrected chi connectivity index (χ2v) is 7.93. The number of piperidine rings is 1. The highest BCUT2D eigenvalue weighted by Crippen LogP contribution is 2.21. The molecule has 1 atom stereocenters. The van der Waals surface area contributed by atoms with E-state index in [1.807, 2.05) is 6.92 Å². The van der Waals surface area contributed by atoms with Crippen LogP contribution in [-0.2, 0) is 4.79 Å². The van der Waals surface area contributed by atoms with Gasteiger partial charge < -0.3 is 10.2 Å². The minimum absolute atomic E-state index is 0.0344. The number of benzene rings is 1. The molecule has 2 rings (SSSR count). The Bertz CT molecular complexity index is 656. The van der Waals surface area contributed by atoms with Crippen LogP contribution >= 0.6 is 0 Å². The van der Waals surface area contributed by atoms with E-state index in [0.717, 1.165) is 25.3 Å². The zero-order valence-electron chi connectivity index (χ0n) is 16.4. The van der Waals surface area contributed by atoms with Gasteiger partial charge in [0.25, 0.3) is 5.91 Å². The van der Waals surface area contributed by atoms with Crippen molar-refractivity contribution in [1.82, 2.24) is 10.2 Å². The molecule has 1 aliphatic heterocycles. The first kappa shape index (κ1) is 21.3. The molecule has 27 heavy (non-hydrogen) atoms. The van der Waals surface area contributed by atoms with Crippen molar-refractivity contribution in [2.45, 2.75) is 58.9 Å². The number of rotatable bonds is 7. The Morgan fingerprint density at radius 3 is 2.41 bits per heavy atom. The van der Waals surface area contributed by atoms with E-state index in [1.165, 1.54) is 11.0 Å². The first-order valence-electron chi connectivity index (χ1n) is 9.82. The maximum absolute atomic E-state index is 13.8. The minimum Gasteiger partial charge on any atom is -0.353 e. The maximum Gasteiger partial charge on any atom is 0.256 e. The third-order valence-corrected chi connectivity index (χ3v) is 5.12. The molecule has 0 bridgehead atoms. The van der Waals surface area contributed by atoms with Gasteiger partial charge in [-0.25, -0.2) is 8.78 Å². The molecule has 0 radical (unpaired) electrons. The van der Waals surface area contributed by atoms with Crippen molar-refractivity contribution in [3.8, 4) is 0 Å². The van der Waals surface area contributed by atoms with Crippen LogP contribution in [0.1, 0.15) is 63.2 Å². The Kier molecular flexibility index (Phi) is 7.75. The van der Waals surface area contributed by atoms with Crippen LogP contribution in [0.2, 0.25) is 0 Å². The van der Waals surface area contributed by atoms with Crippen LogP contribution in [0.3, 0.4) is 0 Å². The summed E-state index contributed by atoms with van der Waals surface area (Å²) in [6.07, 6.45) is 4.32. The lowest BCUT2D eigenvalue weighted by molar-refractivity contribution is -0.126. The smallest absolute Gasteiger partial charge is 0.256 e. The standard InChI is InChI=1S/C21H30F2N2O2/c1-14(2)5-4-6-15(3)24-20(26)16-9-11-25(12-10-16)21(27)18-8-7-17(22)13-19(18)23/h7-8,13-16H,4-6,9-12H2,1-3H3,(H,24,26). The molecule has 0 aromatic heterocycles. The lowest BCUT2D eigenvalue weighted by Crippen LogP contribution is -2.45. The summed E-state index contributed by atoms with van der Waals surface area (Å²) in [6.45, 7) is 7.20. The molecule has 150 valence electrons. The number of carbonyl (C=O) groups is 2. The molecule has 0 spiro atoms. The highest BCUT2D eigenvalue weighted by molar-refractivity contribution is 5.94. The lowest BCUT2D eigenvalue weighted by atomic mass is 9.94. The fraction of sp³-hybridized carbons (Fsp3) is 0.619. The van der Waals surface area contributed by atoms with Crippen molar-refractivity contribution >= 4 is 11.8 Å². The number of hydrogen-bond donors (Lipinski definition) is 1. The molecule has 6 heteroatoms. The van der Waals surface area contributed by atoms with Gasteiger partial charge in [-0.1, -0.05) is 26.7 Å². The Labute approximate surface area is 160 Å². The molecule has 0 saturated carbocycles. The molecular formula is C21H30F2N2O2. The largest absolute Gasteiger partial charge is 0.353 e. The minimum atomic E-state index is -0.852. The molecule has 2 amide bonds. The Morgan fingerprint density at radius 1 is 1.15 bits per heavy atom. The van der Waals surface area contributed by atoms with Crippen LogP contribution in [-0.4, -0.2) is 35.8 Å². The summed E-state index contributed by atoms with van der Waals surface area (Å²) < 4.78 is 26.8. The van der Waals surface area contributed by atoms with E-state index in [9.17, 15) is 18.4 Å². The van der Waals surface area contributed by atoms with E-state index in [-0.39, 0.29) is 23.4 Å². The van der Waals surface area contributed by atoms with Gasteiger partial charge in [0.05, 0.1) is 5.56 Å². The maximum atomic E-state index is 13.8. The van der Waals surface area contributed by atoms with Crippen molar-refractivity contribution in [2.24, 2.45) is 11.8 Å². The van der Waals surface area contributed by atoms with Crippen LogP contribution in [0.4, 0.5) is 8.78 Å². The van der Waals surface area contributed by atoms with Gasteiger partial charge in [-0.05, 0) is 44.2 Å². The quantitative estimate of drug-likeness (QED) is 0.773. The number of amides is 2. The van der Waals surface area contributed by atoms with E-state index in [1.54, 1.807) is 0 Å². The van der Waals surface area contributed by atoms with Gasteiger partial charge >= 0.3 is 0 Å². The number of likely N-dealkylation sites (tertiary alicyclic amines) is 1. The first-order valence-corrected chi connectivity index (χ1v) is 9.82. The predicted molar refractivity (Wildman–Crippen MR) is 101 cm³/mol. The monoisotopic (exact) mass is 380 g/mol. The summed E-state index contributed by atoms with van der Waals surface area (Å²) in [6, 6.07) is 3.11. The van der Waals surface area contributed by atoms with Crippen molar-refractivity contribution in [2.75, 3.05) is 13.1 Å². The fourth-order valence-corrected chi connectivity index (χ4v) is 3.44. The highest BCUT2D eigenvalue weighted by atomic mass is 19.1. The second kappa shape index (κ2) is 9.81. The molecule has 1 heterocycles. The van der Waals surface area contributed by atoms with Gasteiger partial charge in [0.1, 0.15) is 11.6 Å². The van der Waals surface area contributed by atoms with Crippen LogP contribution in [0.5, 0.6) is 0 Å². The van der Waals surface area contributed by atoms with Gasteiger partial charge in [0, 0.05) is 31.1 Å². The third kappa shape index (κ3) is 6.29. The van der Waals surface area contributed by atoms with Gasteiger partial charge in [0.2, 0.25) is 5.91 Å². The molecule has 1 aliphatic rings. The summed E-state index contributed by atoms with van der Waals surface area (Å²) in [5.41, 5.74) is -0.127. The molecule has 1 saturated heterocycles. The van der Waals surface area contributed by atoms with E-state index in [4.69, 9.17) is 0 Å². The topological polar surface area (TPSA) is 49.4 Å². The second-order valence-electron chi connectivity index (χ2n) is 7.93. The molecule has 1 unspecified atom stereocenters. The molecule has 0 aliphatic carbocycles. The summed E-state index contributed by atoms with van der Waals surface area (Å²) in [7, 11) is 0. The normalized spacial score (nSPS) is 16.4. The average molecular weight is 380 g/mol. The number of nitrogens with zero attached hydrogens (tertiary/aromatic N) is 1. The Morgan fingerprint density at radius 2 is 1.81 bits per heavy atom. The van der Waals surface area contributed by atoms with Crippen LogP contribution < -0.4 is 5.32 Å². The van der Waals surface area contributed by atoms with Gasteiger partial charge in [0.15, 0.2) is 0 Å². The number of nitrogens with one attached hydrogen (secondary N) is 1. The summed E-state index contributed by atoms with van der Waals surface area (Å²) in [5.74, 6) is -1.43. The SMILES string of the molecule is CC(C)CCCC(C)NC(=O)C1CCN(C(=O)c2ccc(F)cc2F)CC1. The van der Waals surface area contributed by atoms with E-state index >= 15 is 0 Å². The molecule has 1 fully saturated rings. The van der Waals surface area contributed by atoms with E-state index < -0.39 is 17.5 Å². The summed E-state index contributed by atoms with van der Waals surface area (Å²) in [4.78, 5) is 26.4. The number of halogens is 2.